The maximum absolute atomic E-state index is 13.0. The van der Waals surface area contributed by atoms with E-state index >= 15 is 0 Å². The lowest BCUT2D eigenvalue weighted by Gasteiger charge is -2.40. The van der Waals surface area contributed by atoms with Gasteiger partial charge in [-0.25, -0.2) is 9.97 Å². The summed E-state index contributed by atoms with van der Waals surface area (Å²) in [6.07, 6.45) is 0.683. The maximum atomic E-state index is 13.0. The highest BCUT2D eigenvalue weighted by Gasteiger charge is 2.29. The highest BCUT2D eigenvalue weighted by atomic mass is 35.5. The zero-order chi connectivity index (χ0) is 28.6. The maximum Gasteiger partial charge on any atom is 0.254 e. The van der Waals surface area contributed by atoms with Crippen LogP contribution in [-0.4, -0.2) is 90.8 Å². The van der Waals surface area contributed by atoms with Crippen LogP contribution in [0.3, 0.4) is 0 Å². The Balaban J connectivity index is 1.31. The number of rotatable bonds is 10. The molecule has 2 aromatic carbocycles. The zero-order valence-corrected chi connectivity index (χ0v) is 24.7. The van der Waals surface area contributed by atoms with E-state index in [1.54, 1.807) is 32.2 Å². The molecule has 40 heavy (non-hydrogen) atoms. The fraction of sp³-hybridized carbons (Fsp3) is 0.379. The highest BCUT2D eigenvalue weighted by Crippen LogP contribution is 2.28. The van der Waals surface area contributed by atoms with Crippen LogP contribution in [0.15, 0.2) is 59.8 Å². The van der Waals surface area contributed by atoms with Crippen molar-refractivity contribution in [2.24, 2.45) is 0 Å². The van der Waals surface area contributed by atoms with Gasteiger partial charge in [-0.05, 0) is 43.2 Å². The summed E-state index contributed by atoms with van der Waals surface area (Å²) in [5, 5.41) is 0.761. The second-order valence-corrected chi connectivity index (χ2v) is 10.9. The van der Waals surface area contributed by atoms with Gasteiger partial charge in [0.05, 0.1) is 20.0 Å². The van der Waals surface area contributed by atoms with Gasteiger partial charge in [-0.3, -0.25) is 9.59 Å². The standard InChI is InChI=1S/C29H34ClN5O4S/c1-20-18-34(14-15-35(20)28(37)22-8-6-5-7-9-22)26-17-25(30)31-29(32-26)40-19-27(36)33(2)13-12-21-10-11-23(38-3)24(16-21)39-4/h5-11,16-17,20H,12-15,18-19H2,1-4H3. The summed E-state index contributed by atoms with van der Waals surface area (Å²) in [5.74, 6) is 2.21. The van der Waals surface area contributed by atoms with Crippen LogP contribution in [0.2, 0.25) is 5.15 Å². The molecule has 4 rings (SSSR count). The highest BCUT2D eigenvalue weighted by molar-refractivity contribution is 7.99. The number of thioether (sulfide) groups is 1. The number of hydrogen-bond donors (Lipinski definition) is 0. The predicted molar refractivity (Wildman–Crippen MR) is 158 cm³/mol. The van der Waals surface area contributed by atoms with Gasteiger partial charge in [0.2, 0.25) is 5.91 Å². The van der Waals surface area contributed by atoms with Gasteiger partial charge >= 0.3 is 0 Å². The van der Waals surface area contributed by atoms with Gasteiger partial charge in [-0.1, -0.05) is 47.6 Å². The number of ether oxygens (including phenoxy) is 2. The number of piperazine rings is 1. The molecule has 1 fully saturated rings. The Bertz CT molecular complexity index is 1330. The van der Waals surface area contributed by atoms with E-state index in [0.29, 0.717) is 65.8 Å². The number of anilines is 1. The van der Waals surface area contributed by atoms with E-state index in [9.17, 15) is 9.59 Å². The number of nitrogens with zero attached hydrogens (tertiary/aromatic N) is 5. The number of carbonyl (C=O) groups is 2. The van der Waals surface area contributed by atoms with E-state index in [4.69, 9.17) is 21.1 Å². The Morgan fingerprint density at radius 2 is 1.80 bits per heavy atom. The van der Waals surface area contributed by atoms with Crippen molar-refractivity contribution in [3.8, 4) is 11.5 Å². The normalized spacial score (nSPS) is 15.1. The van der Waals surface area contributed by atoms with Crippen molar-refractivity contribution in [1.29, 1.82) is 0 Å². The van der Waals surface area contributed by atoms with Crippen LogP contribution in [0.5, 0.6) is 11.5 Å². The van der Waals surface area contributed by atoms with Gasteiger partial charge in [-0.2, -0.15) is 0 Å². The summed E-state index contributed by atoms with van der Waals surface area (Å²) in [4.78, 5) is 40.5. The Kier molecular flexibility index (Phi) is 10.1. The molecule has 1 aromatic heterocycles. The zero-order valence-electron chi connectivity index (χ0n) is 23.2. The average molecular weight is 584 g/mol. The lowest BCUT2D eigenvalue weighted by Crippen LogP contribution is -2.54. The van der Waals surface area contributed by atoms with Gasteiger partial charge in [0, 0.05) is 50.9 Å². The van der Waals surface area contributed by atoms with E-state index in [2.05, 4.69) is 14.9 Å². The smallest absolute Gasteiger partial charge is 0.254 e. The van der Waals surface area contributed by atoms with E-state index in [1.807, 2.05) is 60.4 Å². The predicted octanol–water partition coefficient (Wildman–Crippen LogP) is 4.29. The molecule has 0 N–H and O–H groups in total. The third-order valence-electron chi connectivity index (χ3n) is 6.83. The minimum atomic E-state index is -0.0303. The molecular formula is C29H34ClN5O4S. The van der Waals surface area contributed by atoms with Gasteiger partial charge < -0.3 is 24.2 Å². The van der Waals surface area contributed by atoms with Crippen molar-refractivity contribution in [2.45, 2.75) is 24.5 Å². The van der Waals surface area contributed by atoms with Crippen LogP contribution >= 0.6 is 23.4 Å². The van der Waals surface area contributed by atoms with Crippen molar-refractivity contribution >= 4 is 41.0 Å². The fourth-order valence-corrected chi connectivity index (χ4v) is 5.54. The molecule has 0 saturated carbocycles. The molecule has 1 atom stereocenters. The fourth-order valence-electron chi connectivity index (χ4n) is 4.52. The topological polar surface area (TPSA) is 88.1 Å². The molecule has 1 aliphatic rings. The van der Waals surface area contributed by atoms with Crippen molar-refractivity contribution < 1.29 is 19.1 Å². The second-order valence-electron chi connectivity index (χ2n) is 9.53. The third-order valence-corrected chi connectivity index (χ3v) is 7.85. The molecule has 0 radical (unpaired) electrons. The summed E-state index contributed by atoms with van der Waals surface area (Å²) in [6.45, 7) is 4.40. The van der Waals surface area contributed by atoms with E-state index in [0.717, 1.165) is 5.56 Å². The van der Waals surface area contributed by atoms with Gasteiger partial charge in [0.15, 0.2) is 16.7 Å². The van der Waals surface area contributed by atoms with Crippen molar-refractivity contribution in [1.82, 2.24) is 19.8 Å². The number of methoxy groups -OCH3 is 2. The van der Waals surface area contributed by atoms with Gasteiger partial charge in [0.25, 0.3) is 5.91 Å². The second kappa shape index (κ2) is 13.7. The largest absolute Gasteiger partial charge is 0.493 e. The average Bonchev–Trinajstić information content (AvgIpc) is 2.98. The molecule has 1 unspecified atom stereocenters. The lowest BCUT2D eigenvalue weighted by molar-refractivity contribution is -0.127. The first-order valence-electron chi connectivity index (χ1n) is 13.0. The van der Waals surface area contributed by atoms with E-state index in [1.165, 1.54) is 11.8 Å². The molecular weight excluding hydrogens is 550 g/mol. The summed E-state index contributed by atoms with van der Waals surface area (Å²) in [6, 6.07) is 16.8. The molecule has 11 heteroatoms. The molecule has 0 aliphatic carbocycles. The summed E-state index contributed by atoms with van der Waals surface area (Å²) < 4.78 is 10.7. The molecule has 2 amide bonds. The molecule has 1 saturated heterocycles. The first kappa shape index (κ1) is 29.5. The van der Waals surface area contributed by atoms with E-state index < -0.39 is 0 Å². The van der Waals surface area contributed by atoms with Crippen LogP contribution in [0, 0.1) is 0 Å². The van der Waals surface area contributed by atoms with Crippen LogP contribution in [0.4, 0.5) is 5.82 Å². The minimum Gasteiger partial charge on any atom is -0.493 e. The van der Waals surface area contributed by atoms with Crippen molar-refractivity contribution in [2.75, 3.05) is 58.1 Å². The quantitative estimate of drug-likeness (QED) is 0.198. The third kappa shape index (κ3) is 7.37. The lowest BCUT2D eigenvalue weighted by atomic mass is 10.1. The Labute approximate surface area is 244 Å². The van der Waals surface area contributed by atoms with Crippen molar-refractivity contribution in [3.63, 3.8) is 0 Å². The molecule has 0 bridgehead atoms. The number of benzene rings is 2. The van der Waals surface area contributed by atoms with Gasteiger partial charge in [0.1, 0.15) is 11.0 Å². The first-order valence-corrected chi connectivity index (χ1v) is 14.4. The SMILES string of the molecule is COc1ccc(CCN(C)C(=O)CSc2nc(Cl)cc(N3CCN(C(=O)c4ccccc4)C(C)C3)n2)cc1OC. The number of amides is 2. The molecule has 3 aromatic rings. The number of aromatic nitrogens is 2. The van der Waals surface area contributed by atoms with Crippen LogP contribution in [-0.2, 0) is 11.2 Å². The first-order chi connectivity index (χ1) is 19.3. The number of halogens is 1. The molecule has 0 spiro atoms. The van der Waals surface area contributed by atoms with Crippen molar-refractivity contribution in [3.05, 3.63) is 70.9 Å². The van der Waals surface area contributed by atoms with Crippen LogP contribution < -0.4 is 14.4 Å². The van der Waals surface area contributed by atoms with Crippen LogP contribution in [0.25, 0.3) is 0 Å². The monoisotopic (exact) mass is 583 g/mol. The summed E-state index contributed by atoms with van der Waals surface area (Å²) in [7, 11) is 4.99. The molecule has 1 aliphatic heterocycles. The molecule has 212 valence electrons. The summed E-state index contributed by atoms with van der Waals surface area (Å²) >= 11 is 7.60. The van der Waals surface area contributed by atoms with Crippen LogP contribution in [0.1, 0.15) is 22.8 Å². The molecule has 9 nitrogen and oxygen atoms in total. The minimum absolute atomic E-state index is 0.00722. The Morgan fingerprint density at radius 3 is 2.50 bits per heavy atom. The Hall–Kier alpha value is -3.50. The number of hydrogen-bond acceptors (Lipinski definition) is 8. The van der Waals surface area contributed by atoms with Gasteiger partial charge in [-0.15, -0.1) is 0 Å². The molecule has 2 heterocycles. The Morgan fingerprint density at radius 1 is 1.05 bits per heavy atom. The number of likely N-dealkylation sites (N-methyl/N-ethyl adjacent to an activating group) is 1. The summed E-state index contributed by atoms with van der Waals surface area (Å²) in [5.41, 5.74) is 1.73. The number of carbonyl (C=O) groups excluding carboxylic acids is 2. The van der Waals surface area contributed by atoms with E-state index in [-0.39, 0.29) is 23.6 Å².